The largest absolute Gasteiger partial charge is 0.422 e. The first kappa shape index (κ1) is 10.5. The van der Waals surface area contributed by atoms with Crippen molar-refractivity contribution in [2.75, 3.05) is 0 Å². The lowest BCUT2D eigenvalue weighted by Crippen LogP contribution is -2.01. The predicted molar refractivity (Wildman–Crippen MR) is 66.4 cm³/mol. The maximum atomic E-state index is 11.7. The first-order valence-electron chi connectivity index (χ1n) is 5.09. The zero-order chi connectivity index (χ0) is 11.7. The molecular weight excluding hydrogens is 202 g/mol. The van der Waals surface area contributed by atoms with Crippen LogP contribution in [0.15, 0.2) is 27.9 Å². The van der Waals surface area contributed by atoms with Gasteiger partial charge in [0.2, 0.25) is 0 Å². The van der Waals surface area contributed by atoms with Gasteiger partial charge in [0.05, 0.1) is 10.9 Å². The van der Waals surface area contributed by atoms with Gasteiger partial charge in [-0.15, -0.1) is 0 Å². The summed E-state index contributed by atoms with van der Waals surface area (Å²) in [7, 11) is 0. The smallest absolute Gasteiger partial charge is 0.345 e. The van der Waals surface area contributed by atoms with Crippen LogP contribution in [0.25, 0.3) is 23.1 Å². The summed E-state index contributed by atoms with van der Waals surface area (Å²) in [5.74, 6) is 0.539. The van der Waals surface area contributed by atoms with Gasteiger partial charge in [-0.1, -0.05) is 18.7 Å². The Bertz CT molecular complexity index is 629. The second-order valence-corrected chi connectivity index (χ2v) is 3.61. The van der Waals surface area contributed by atoms with Crippen molar-refractivity contribution in [3.63, 3.8) is 0 Å². The lowest BCUT2D eigenvalue weighted by atomic mass is 10.1. The average Bonchev–Trinajstić information content (AvgIpc) is 2.61. The third-order valence-corrected chi connectivity index (χ3v) is 2.43. The fraction of sp³-hybridized carbons (Fsp3) is 0.154. The van der Waals surface area contributed by atoms with Gasteiger partial charge in [-0.05, 0) is 26.0 Å². The molecule has 0 bridgehead atoms. The molecule has 0 radical (unpaired) electrons. The van der Waals surface area contributed by atoms with E-state index in [-0.39, 0.29) is 5.63 Å². The molecule has 0 spiro atoms. The molecule has 0 saturated heterocycles. The standard InChI is InChI=1S/C13H13NO2/c1-4-6-11-9(5-2)12-10(13(15)16-11)7-8(3)14-12/h4-7,14H,2H2,1,3H3/b6-4-. The third kappa shape index (κ3) is 1.50. The van der Waals surface area contributed by atoms with E-state index in [0.717, 1.165) is 16.8 Å². The van der Waals surface area contributed by atoms with Crippen molar-refractivity contribution in [3.8, 4) is 0 Å². The van der Waals surface area contributed by atoms with Crippen LogP contribution in [-0.2, 0) is 0 Å². The number of H-pyrrole nitrogens is 1. The Morgan fingerprint density at radius 3 is 2.88 bits per heavy atom. The van der Waals surface area contributed by atoms with Crippen LogP contribution in [0.3, 0.4) is 0 Å². The van der Waals surface area contributed by atoms with Gasteiger partial charge < -0.3 is 9.40 Å². The van der Waals surface area contributed by atoms with E-state index < -0.39 is 0 Å². The van der Waals surface area contributed by atoms with E-state index in [9.17, 15) is 4.79 Å². The van der Waals surface area contributed by atoms with Gasteiger partial charge in [-0.3, -0.25) is 0 Å². The van der Waals surface area contributed by atoms with Crippen LogP contribution >= 0.6 is 0 Å². The monoisotopic (exact) mass is 215 g/mol. The number of nitrogens with one attached hydrogen (secondary N) is 1. The molecule has 0 saturated carbocycles. The fourth-order valence-corrected chi connectivity index (χ4v) is 1.77. The summed E-state index contributed by atoms with van der Waals surface area (Å²) >= 11 is 0. The van der Waals surface area contributed by atoms with E-state index in [0.29, 0.717) is 11.1 Å². The minimum Gasteiger partial charge on any atom is -0.422 e. The molecule has 0 atom stereocenters. The Morgan fingerprint density at radius 1 is 1.50 bits per heavy atom. The van der Waals surface area contributed by atoms with Crippen molar-refractivity contribution < 1.29 is 4.42 Å². The normalized spacial score (nSPS) is 11.4. The van der Waals surface area contributed by atoms with Crippen LogP contribution in [-0.4, -0.2) is 4.98 Å². The highest BCUT2D eigenvalue weighted by molar-refractivity contribution is 5.89. The van der Waals surface area contributed by atoms with E-state index in [4.69, 9.17) is 4.42 Å². The lowest BCUT2D eigenvalue weighted by molar-refractivity contribution is 0.508. The topological polar surface area (TPSA) is 46.0 Å². The first-order valence-corrected chi connectivity index (χ1v) is 5.09. The number of aromatic nitrogens is 1. The van der Waals surface area contributed by atoms with Crippen molar-refractivity contribution in [1.82, 2.24) is 4.98 Å². The molecule has 0 aliphatic heterocycles. The van der Waals surface area contributed by atoms with Gasteiger partial charge in [0, 0.05) is 11.3 Å². The Morgan fingerprint density at radius 2 is 2.25 bits per heavy atom. The Balaban J connectivity index is 2.94. The maximum absolute atomic E-state index is 11.7. The molecule has 0 aliphatic rings. The minimum atomic E-state index is -0.321. The summed E-state index contributed by atoms with van der Waals surface area (Å²) in [6, 6.07) is 1.79. The quantitative estimate of drug-likeness (QED) is 0.836. The van der Waals surface area contributed by atoms with Crippen LogP contribution in [0.2, 0.25) is 0 Å². The summed E-state index contributed by atoms with van der Waals surface area (Å²) in [5, 5.41) is 0.570. The highest BCUT2D eigenvalue weighted by atomic mass is 16.4. The predicted octanol–water partition coefficient (Wildman–Crippen LogP) is 3.11. The third-order valence-electron chi connectivity index (χ3n) is 2.43. The van der Waals surface area contributed by atoms with Gasteiger partial charge in [0.25, 0.3) is 0 Å². The number of hydrogen-bond acceptors (Lipinski definition) is 2. The molecule has 16 heavy (non-hydrogen) atoms. The van der Waals surface area contributed by atoms with Crippen molar-refractivity contribution in [2.45, 2.75) is 13.8 Å². The zero-order valence-electron chi connectivity index (χ0n) is 9.33. The molecule has 3 nitrogen and oxygen atoms in total. The van der Waals surface area contributed by atoms with Crippen molar-refractivity contribution >= 4 is 23.1 Å². The highest BCUT2D eigenvalue weighted by Crippen LogP contribution is 2.21. The van der Waals surface area contributed by atoms with E-state index in [1.807, 2.05) is 19.9 Å². The molecule has 2 heterocycles. The molecule has 0 amide bonds. The van der Waals surface area contributed by atoms with E-state index in [1.54, 1.807) is 18.2 Å². The Hall–Kier alpha value is -2.03. The van der Waals surface area contributed by atoms with Crippen LogP contribution in [0.4, 0.5) is 0 Å². The van der Waals surface area contributed by atoms with E-state index in [1.165, 1.54) is 0 Å². The van der Waals surface area contributed by atoms with Crippen molar-refractivity contribution in [3.05, 3.63) is 46.2 Å². The van der Waals surface area contributed by atoms with E-state index >= 15 is 0 Å². The Kier molecular flexibility index (Phi) is 2.52. The number of hydrogen-bond donors (Lipinski definition) is 1. The van der Waals surface area contributed by atoms with Crippen LogP contribution in [0, 0.1) is 6.92 Å². The maximum Gasteiger partial charge on any atom is 0.345 e. The summed E-state index contributed by atoms with van der Waals surface area (Å²) in [4.78, 5) is 14.9. The summed E-state index contributed by atoms with van der Waals surface area (Å²) in [6.07, 6.45) is 5.28. The molecule has 2 aromatic rings. The number of aryl methyl sites for hydroxylation is 1. The minimum absolute atomic E-state index is 0.321. The van der Waals surface area contributed by atoms with Gasteiger partial charge in [0.15, 0.2) is 0 Å². The zero-order valence-corrected chi connectivity index (χ0v) is 9.33. The molecule has 3 heteroatoms. The van der Waals surface area contributed by atoms with Crippen LogP contribution in [0.1, 0.15) is 23.9 Å². The average molecular weight is 215 g/mol. The van der Waals surface area contributed by atoms with Gasteiger partial charge in [-0.25, -0.2) is 4.79 Å². The van der Waals surface area contributed by atoms with Crippen molar-refractivity contribution in [2.24, 2.45) is 0 Å². The van der Waals surface area contributed by atoms with Crippen molar-refractivity contribution in [1.29, 1.82) is 0 Å². The van der Waals surface area contributed by atoms with Crippen LogP contribution < -0.4 is 5.63 Å². The molecule has 0 fully saturated rings. The second-order valence-electron chi connectivity index (χ2n) is 3.61. The fourth-order valence-electron chi connectivity index (χ4n) is 1.77. The van der Waals surface area contributed by atoms with E-state index in [2.05, 4.69) is 11.6 Å². The molecule has 0 aliphatic carbocycles. The number of fused-ring (bicyclic) bond motifs is 1. The molecular formula is C13H13NO2. The summed E-state index contributed by atoms with van der Waals surface area (Å²) in [6.45, 7) is 7.52. The number of allylic oxidation sites excluding steroid dienone is 1. The molecule has 82 valence electrons. The molecule has 0 aromatic carbocycles. The first-order chi connectivity index (χ1) is 7.67. The number of rotatable bonds is 2. The summed E-state index contributed by atoms with van der Waals surface area (Å²) in [5.41, 5.74) is 2.22. The van der Waals surface area contributed by atoms with Gasteiger partial charge in [0.1, 0.15) is 5.76 Å². The molecule has 2 rings (SSSR count). The van der Waals surface area contributed by atoms with Gasteiger partial charge in [-0.2, -0.15) is 0 Å². The van der Waals surface area contributed by atoms with Gasteiger partial charge >= 0.3 is 5.63 Å². The Labute approximate surface area is 93.1 Å². The highest BCUT2D eigenvalue weighted by Gasteiger charge is 2.11. The summed E-state index contributed by atoms with van der Waals surface area (Å²) < 4.78 is 5.23. The van der Waals surface area contributed by atoms with Crippen LogP contribution in [0.5, 0.6) is 0 Å². The molecule has 2 aromatic heterocycles. The number of aromatic amines is 1. The second kappa shape index (κ2) is 3.85. The molecule has 1 N–H and O–H groups in total. The SMILES string of the molecule is C=Cc1c(/C=C\C)oc(=O)c2cc(C)[nH]c12. The molecule has 0 unspecified atom stereocenters. The lowest BCUT2D eigenvalue weighted by Gasteiger charge is -2.00.